The van der Waals surface area contributed by atoms with Crippen molar-refractivity contribution in [2.75, 3.05) is 45.9 Å². The van der Waals surface area contributed by atoms with E-state index >= 15 is 0 Å². The molecule has 2 N–H and O–H groups in total. The molecule has 0 aromatic carbocycles. The van der Waals surface area contributed by atoms with E-state index in [9.17, 15) is 9.90 Å². The van der Waals surface area contributed by atoms with Crippen molar-refractivity contribution in [1.29, 1.82) is 0 Å². The lowest BCUT2D eigenvalue weighted by Crippen LogP contribution is -2.50. The average molecular weight is 595 g/mol. The van der Waals surface area contributed by atoms with E-state index in [0.717, 1.165) is 39.0 Å². The van der Waals surface area contributed by atoms with Crippen molar-refractivity contribution >= 4 is 5.78 Å². The molecule has 0 aromatic rings. The molecule has 1 fully saturated rings. The van der Waals surface area contributed by atoms with Crippen molar-refractivity contribution in [3.63, 3.8) is 0 Å². The van der Waals surface area contributed by atoms with Gasteiger partial charge in [0.05, 0.1) is 19.3 Å². The number of unbranched alkanes of at least 4 members (excludes halogenated alkanes) is 25. The van der Waals surface area contributed by atoms with Crippen molar-refractivity contribution < 1.29 is 15.0 Å². The Hall–Kier alpha value is -0.490. The molecule has 0 amide bonds. The summed E-state index contributed by atoms with van der Waals surface area (Å²) in [6, 6.07) is 0. The first-order valence-electron chi connectivity index (χ1n) is 18.9. The van der Waals surface area contributed by atoms with Crippen LogP contribution in [0.15, 0.2) is 0 Å². The number of aliphatic hydroxyl groups is 2. The number of aliphatic hydroxyl groups excluding tert-OH is 2. The van der Waals surface area contributed by atoms with Gasteiger partial charge in [0.1, 0.15) is 5.78 Å². The van der Waals surface area contributed by atoms with E-state index in [0.29, 0.717) is 18.9 Å². The van der Waals surface area contributed by atoms with Crippen LogP contribution in [0.25, 0.3) is 0 Å². The molecule has 1 aliphatic rings. The fourth-order valence-corrected chi connectivity index (χ4v) is 6.45. The Bertz CT molecular complexity index is 565. The monoisotopic (exact) mass is 595 g/mol. The number of piperazine rings is 1. The fraction of sp³-hybridized carbons (Fsp3) is 0.973. The van der Waals surface area contributed by atoms with Gasteiger partial charge in [-0.15, -0.1) is 0 Å². The Morgan fingerprint density at radius 2 is 0.833 bits per heavy atom. The SMILES string of the molecule is CCCCCCCCCCCCCCCCCCCCCCCCCCCCC(=O)CN1CCN(CC(O)CO)CC1. The number of hydrogen-bond acceptors (Lipinski definition) is 5. The maximum atomic E-state index is 12.3. The summed E-state index contributed by atoms with van der Waals surface area (Å²) >= 11 is 0. The minimum Gasteiger partial charge on any atom is -0.394 e. The lowest BCUT2D eigenvalue weighted by molar-refractivity contribution is -0.120. The topological polar surface area (TPSA) is 64.0 Å². The Kier molecular flexibility index (Phi) is 28.7. The van der Waals surface area contributed by atoms with Gasteiger partial charge in [-0.1, -0.05) is 167 Å². The Labute approximate surface area is 262 Å². The highest BCUT2D eigenvalue weighted by Gasteiger charge is 2.20. The van der Waals surface area contributed by atoms with Gasteiger partial charge in [0.2, 0.25) is 0 Å². The van der Waals surface area contributed by atoms with Crippen LogP contribution >= 0.6 is 0 Å². The molecule has 0 bridgehead atoms. The average Bonchev–Trinajstić information content (AvgIpc) is 2.99. The van der Waals surface area contributed by atoms with E-state index in [4.69, 9.17) is 5.11 Å². The minimum absolute atomic E-state index is 0.182. The highest BCUT2D eigenvalue weighted by atomic mass is 16.3. The highest BCUT2D eigenvalue weighted by molar-refractivity contribution is 5.80. The zero-order valence-electron chi connectivity index (χ0n) is 28.3. The number of hydrogen-bond donors (Lipinski definition) is 2. The smallest absolute Gasteiger partial charge is 0.146 e. The maximum Gasteiger partial charge on any atom is 0.146 e. The lowest BCUT2D eigenvalue weighted by atomic mass is 10.0. The molecule has 42 heavy (non-hydrogen) atoms. The summed E-state index contributed by atoms with van der Waals surface area (Å²) in [5, 5.41) is 18.6. The quantitative estimate of drug-likeness (QED) is 0.0761. The molecule has 1 heterocycles. The lowest BCUT2D eigenvalue weighted by Gasteiger charge is -2.35. The van der Waals surface area contributed by atoms with Gasteiger partial charge in [0.15, 0.2) is 0 Å². The zero-order valence-corrected chi connectivity index (χ0v) is 28.3. The van der Waals surface area contributed by atoms with Crippen molar-refractivity contribution in [2.45, 2.75) is 186 Å². The van der Waals surface area contributed by atoms with Gasteiger partial charge in [-0.25, -0.2) is 0 Å². The van der Waals surface area contributed by atoms with Gasteiger partial charge in [0.25, 0.3) is 0 Å². The number of β-amino-alcohol motifs (C(OH)–C–C–N with tert-alkyl or cyclic N) is 1. The molecule has 0 radical (unpaired) electrons. The van der Waals surface area contributed by atoms with Crippen LogP contribution in [0.3, 0.4) is 0 Å². The van der Waals surface area contributed by atoms with Gasteiger partial charge < -0.3 is 10.2 Å². The first kappa shape index (κ1) is 39.5. The summed E-state index contributed by atoms with van der Waals surface area (Å²) in [5.74, 6) is 0.378. The Morgan fingerprint density at radius 3 is 1.17 bits per heavy atom. The summed E-state index contributed by atoms with van der Waals surface area (Å²) in [6.07, 6.45) is 36.6. The Morgan fingerprint density at radius 1 is 0.524 bits per heavy atom. The second-order valence-electron chi connectivity index (χ2n) is 13.5. The van der Waals surface area contributed by atoms with Crippen LogP contribution in [0.2, 0.25) is 0 Å². The van der Waals surface area contributed by atoms with E-state index in [1.165, 1.54) is 161 Å². The van der Waals surface area contributed by atoms with E-state index in [1.807, 2.05) is 0 Å². The van der Waals surface area contributed by atoms with Crippen LogP contribution in [0.4, 0.5) is 0 Å². The molecule has 1 unspecified atom stereocenters. The number of Topliss-reactive ketones (excluding diaryl/α,β-unsaturated/α-hetero) is 1. The molecule has 5 nitrogen and oxygen atoms in total. The molecule has 1 saturated heterocycles. The van der Waals surface area contributed by atoms with E-state index in [-0.39, 0.29) is 6.61 Å². The Balaban J connectivity index is 1.71. The summed E-state index contributed by atoms with van der Waals surface area (Å²) in [6.45, 7) is 6.71. The van der Waals surface area contributed by atoms with Crippen molar-refractivity contribution in [3.05, 3.63) is 0 Å². The summed E-state index contributed by atoms with van der Waals surface area (Å²) in [5.41, 5.74) is 0. The second kappa shape index (κ2) is 30.5. The first-order valence-corrected chi connectivity index (χ1v) is 18.9. The standard InChI is InChI=1S/C37H74N2O3/c1-2-3-4-5-6-7-8-9-10-11-12-13-14-15-16-17-18-19-20-21-22-23-24-25-26-27-28-36(41)33-38-29-31-39(32-30-38)34-37(42)35-40/h37,40,42H,2-35H2,1H3. The number of carbonyl (C=O) groups is 1. The van der Waals surface area contributed by atoms with E-state index < -0.39 is 6.10 Å². The third-order valence-electron chi connectivity index (χ3n) is 9.35. The molecule has 0 aliphatic carbocycles. The first-order chi connectivity index (χ1) is 20.7. The van der Waals surface area contributed by atoms with E-state index in [1.54, 1.807) is 0 Å². The van der Waals surface area contributed by atoms with Gasteiger partial charge in [-0.2, -0.15) is 0 Å². The summed E-state index contributed by atoms with van der Waals surface area (Å²) < 4.78 is 0. The maximum absolute atomic E-state index is 12.3. The number of ketones is 1. The molecule has 0 aromatic heterocycles. The predicted molar refractivity (Wildman–Crippen MR) is 181 cm³/mol. The number of nitrogens with zero attached hydrogens (tertiary/aromatic N) is 2. The van der Waals surface area contributed by atoms with Crippen molar-refractivity contribution in [3.8, 4) is 0 Å². The van der Waals surface area contributed by atoms with Crippen LogP contribution in [-0.4, -0.2) is 77.8 Å². The molecule has 0 saturated carbocycles. The second-order valence-corrected chi connectivity index (χ2v) is 13.5. The fourth-order valence-electron chi connectivity index (χ4n) is 6.45. The molecular formula is C37H74N2O3. The van der Waals surface area contributed by atoms with E-state index in [2.05, 4.69) is 16.7 Å². The molecule has 1 aliphatic heterocycles. The number of carbonyl (C=O) groups excluding carboxylic acids is 1. The predicted octanol–water partition coefficient (Wildman–Crippen LogP) is 9.08. The van der Waals surface area contributed by atoms with Crippen LogP contribution in [0.5, 0.6) is 0 Å². The minimum atomic E-state index is -0.656. The van der Waals surface area contributed by atoms with Crippen LogP contribution in [0, 0.1) is 0 Å². The summed E-state index contributed by atoms with van der Waals surface area (Å²) in [7, 11) is 0. The van der Waals surface area contributed by atoms with Gasteiger partial charge >= 0.3 is 0 Å². The van der Waals surface area contributed by atoms with Gasteiger partial charge in [0, 0.05) is 39.1 Å². The number of rotatable bonds is 32. The normalized spacial score (nSPS) is 15.4. The van der Waals surface area contributed by atoms with Crippen molar-refractivity contribution in [1.82, 2.24) is 9.80 Å². The van der Waals surface area contributed by atoms with Crippen LogP contribution in [-0.2, 0) is 4.79 Å². The third kappa shape index (κ3) is 26.0. The van der Waals surface area contributed by atoms with Gasteiger partial charge in [-0.05, 0) is 6.42 Å². The molecule has 5 heteroatoms. The molecule has 250 valence electrons. The molecule has 1 rings (SSSR count). The molecule has 1 atom stereocenters. The largest absolute Gasteiger partial charge is 0.394 e. The third-order valence-corrected chi connectivity index (χ3v) is 9.35. The summed E-state index contributed by atoms with van der Waals surface area (Å²) in [4.78, 5) is 16.7. The highest BCUT2D eigenvalue weighted by Crippen LogP contribution is 2.16. The van der Waals surface area contributed by atoms with Crippen molar-refractivity contribution in [2.24, 2.45) is 0 Å². The zero-order chi connectivity index (χ0) is 30.4. The van der Waals surface area contributed by atoms with Gasteiger partial charge in [-0.3, -0.25) is 14.6 Å². The molecule has 0 spiro atoms. The molecular weight excluding hydrogens is 520 g/mol. The van der Waals surface area contributed by atoms with Crippen LogP contribution < -0.4 is 0 Å². The van der Waals surface area contributed by atoms with Crippen LogP contribution in [0.1, 0.15) is 180 Å².